The third kappa shape index (κ3) is 3.39. The van der Waals surface area contributed by atoms with Gasteiger partial charge < -0.3 is 9.64 Å². The number of aromatic nitrogens is 4. The maximum absolute atomic E-state index is 14.0. The van der Waals surface area contributed by atoms with Gasteiger partial charge in [-0.05, 0) is 59.0 Å². The van der Waals surface area contributed by atoms with Crippen molar-refractivity contribution in [3.8, 4) is 11.6 Å². The third-order valence-electron chi connectivity index (χ3n) is 5.48. The van der Waals surface area contributed by atoms with Crippen LogP contribution in [-0.4, -0.2) is 49.5 Å². The monoisotopic (exact) mass is 457 g/mol. The number of piperidine rings is 1. The summed E-state index contributed by atoms with van der Waals surface area (Å²) in [5.41, 5.74) is 0.700. The van der Waals surface area contributed by atoms with Gasteiger partial charge in [-0.1, -0.05) is 0 Å². The third-order valence-corrected chi connectivity index (χ3v) is 5.95. The lowest BCUT2D eigenvalue weighted by molar-refractivity contribution is 0.0466. The van der Waals surface area contributed by atoms with Crippen molar-refractivity contribution in [2.75, 3.05) is 6.54 Å². The molecule has 2 aliphatic rings. The minimum Gasteiger partial charge on any atom is -0.472 e. The number of hydrogen-bond donors (Lipinski definition) is 0. The Labute approximate surface area is 174 Å². The Bertz CT molecular complexity index is 1040. The van der Waals surface area contributed by atoms with E-state index in [2.05, 4.69) is 31.1 Å². The van der Waals surface area contributed by atoms with Crippen LogP contribution in [0.1, 0.15) is 23.2 Å². The van der Waals surface area contributed by atoms with Gasteiger partial charge in [-0.25, -0.2) is 9.37 Å². The van der Waals surface area contributed by atoms with E-state index in [1.807, 2.05) is 6.07 Å². The zero-order valence-electron chi connectivity index (χ0n) is 15.3. The highest BCUT2D eigenvalue weighted by Gasteiger charge is 2.48. The summed E-state index contributed by atoms with van der Waals surface area (Å²) >= 11 is 3.36. The van der Waals surface area contributed by atoms with Crippen molar-refractivity contribution in [1.82, 2.24) is 24.9 Å². The van der Waals surface area contributed by atoms with Gasteiger partial charge in [0.1, 0.15) is 11.9 Å². The number of halogens is 2. The van der Waals surface area contributed by atoms with Crippen molar-refractivity contribution < 1.29 is 13.9 Å². The van der Waals surface area contributed by atoms with Crippen LogP contribution in [0.3, 0.4) is 0 Å². The van der Waals surface area contributed by atoms with E-state index in [9.17, 15) is 9.18 Å². The maximum Gasteiger partial charge on any atom is 0.256 e. The number of carbonyl (C=O) groups is 1. The highest BCUT2D eigenvalue weighted by Crippen LogP contribution is 2.40. The van der Waals surface area contributed by atoms with Crippen LogP contribution in [0.15, 0.2) is 53.4 Å². The van der Waals surface area contributed by atoms with Crippen molar-refractivity contribution >= 4 is 21.8 Å². The van der Waals surface area contributed by atoms with E-state index in [4.69, 9.17) is 4.74 Å². The molecule has 0 N–H and O–H groups in total. The van der Waals surface area contributed by atoms with Crippen LogP contribution in [0, 0.1) is 11.7 Å². The predicted molar refractivity (Wildman–Crippen MR) is 105 cm³/mol. The molecule has 1 amide bonds. The number of fused-ring (bicyclic) bond motifs is 2. The molecule has 7 nitrogen and oxygen atoms in total. The lowest BCUT2D eigenvalue weighted by Crippen LogP contribution is -2.47. The zero-order chi connectivity index (χ0) is 20.0. The Kier molecular flexibility index (Phi) is 4.54. The normalized spacial score (nSPS) is 22.8. The predicted octanol–water partition coefficient (Wildman–Crippen LogP) is 3.25. The summed E-state index contributed by atoms with van der Waals surface area (Å²) in [5, 5.41) is 8.17. The molecule has 3 heterocycles. The molecule has 3 aromatic rings. The fourth-order valence-electron chi connectivity index (χ4n) is 4.26. The van der Waals surface area contributed by atoms with Crippen molar-refractivity contribution in [3.63, 3.8) is 0 Å². The number of nitrogens with zero attached hydrogens (tertiary/aromatic N) is 5. The standard InChI is InChI=1S/C20H17BrFN5O2/c21-13-1-4-19(23-10-13)29-18-8-12-7-17(18)26(11-12)20(28)15-9-14(22)2-3-16(15)27-24-5-6-25-27/h1-6,9-10,12,17-18H,7-8,11H2/t12-,17+,18-/m1/s1. The molecule has 2 aromatic heterocycles. The second-order valence-electron chi connectivity index (χ2n) is 7.31. The molecular formula is C20H17BrFN5O2. The first-order valence-corrected chi connectivity index (χ1v) is 10.1. The maximum atomic E-state index is 14.0. The van der Waals surface area contributed by atoms with Crippen LogP contribution in [-0.2, 0) is 0 Å². The number of rotatable bonds is 4. The molecule has 1 aliphatic carbocycles. The Morgan fingerprint density at radius 1 is 1.17 bits per heavy atom. The number of likely N-dealkylation sites (tertiary alicyclic amines) is 1. The lowest BCUT2D eigenvalue weighted by Gasteiger charge is -2.33. The van der Waals surface area contributed by atoms with Gasteiger partial charge in [0.2, 0.25) is 5.88 Å². The smallest absolute Gasteiger partial charge is 0.256 e. The minimum absolute atomic E-state index is 0.0698. The van der Waals surface area contributed by atoms with E-state index in [0.29, 0.717) is 24.0 Å². The number of pyridine rings is 1. The number of hydrogen-bond acceptors (Lipinski definition) is 5. The van der Waals surface area contributed by atoms with E-state index in [1.165, 1.54) is 35.4 Å². The number of ether oxygens (including phenoxy) is 1. The van der Waals surface area contributed by atoms with Crippen molar-refractivity contribution in [2.24, 2.45) is 5.92 Å². The van der Waals surface area contributed by atoms with Crippen molar-refractivity contribution in [1.29, 1.82) is 0 Å². The van der Waals surface area contributed by atoms with Crippen molar-refractivity contribution in [3.05, 3.63) is 64.8 Å². The van der Waals surface area contributed by atoms with Crippen LogP contribution in [0.25, 0.3) is 5.69 Å². The summed E-state index contributed by atoms with van der Waals surface area (Å²) < 4.78 is 20.9. The van der Waals surface area contributed by atoms with Gasteiger partial charge in [-0.15, -0.1) is 0 Å². The molecule has 2 bridgehead atoms. The summed E-state index contributed by atoms with van der Waals surface area (Å²) in [6.45, 7) is 0.639. The molecule has 9 heteroatoms. The minimum atomic E-state index is -0.472. The molecular weight excluding hydrogens is 441 g/mol. The van der Waals surface area contributed by atoms with E-state index >= 15 is 0 Å². The van der Waals surface area contributed by atoms with Crippen LogP contribution in [0.4, 0.5) is 4.39 Å². The van der Waals surface area contributed by atoms with Crippen molar-refractivity contribution in [2.45, 2.75) is 25.0 Å². The lowest BCUT2D eigenvalue weighted by atomic mass is 10.1. The van der Waals surface area contributed by atoms with Gasteiger partial charge in [0.25, 0.3) is 5.91 Å². The van der Waals surface area contributed by atoms with E-state index in [0.717, 1.165) is 17.3 Å². The fraction of sp³-hybridized carbons (Fsp3) is 0.300. The molecule has 0 unspecified atom stereocenters. The topological polar surface area (TPSA) is 73.1 Å². The number of benzene rings is 1. The Balaban J connectivity index is 1.41. The highest BCUT2D eigenvalue weighted by atomic mass is 79.9. The molecule has 0 spiro atoms. The van der Waals surface area contributed by atoms with Gasteiger partial charge in [-0.2, -0.15) is 15.0 Å². The van der Waals surface area contributed by atoms with Gasteiger partial charge in [-0.3, -0.25) is 4.79 Å². The molecule has 148 valence electrons. The highest BCUT2D eigenvalue weighted by molar-refractivity contribution is 9.10. The SMILES string of the molecule is O=C(c1cc(F)ccc1-n1nccn1)N1C[C@H]2C[C@@H](Oc3ccc(Br)cn3)[C@@H]1C2. The number of carbonyl (C=O) groups excluding carboxylic acids is 1. The molecule has 2 fully saturated rings. The van der Waals surface area contributed by atoms with Crippen LogP contribution in [0.2, 0.25) is 0 Å². The summed E-state index contributed by atoms with van der Waals surface area (Å²) in [6.07, 6.45) is 6.34. The van der Waals surface area contributed by atoms with Gasteiger partial charge in [0.15, 0.2) is 0 Å². The quantitative estimate of drug-likeness (QED) is 0.601. The Morgan fingerprint density at radius 3 is 2.72 bits per heavy atom. The Morgan fingerprint density at radius 2 is 2.00 bits per heavy atom. The van der Waals surface area contributed by atoms with E-state index in [1.54, 1.807) is 17.2 Å². The number of amides is 1. The molecule has 0 radical (unpaired) electrons. The summed E-state index contributed by atoms with van der Waals surface area (Å²) in [7, 11) is 0. The van der Waals surface area contributed by atoms with E-state index < -0.39 is 5.82 Å². The fourth-order valence-corrected chi connectivity index (χ4v) is 4.50. The molecule has 1 saturated carbocycles. The molecule has 29 heavy (non-hydrogen) atoms. The summed E-state index contributed by atoms with van der Waals surface area (Å²) in [5.74, 6) is 0.191. The molecule has 1 aromatic carbocycles. The first kappa shape index (κ1) is 18.2. The van der Waals surface area contributed by atoms with Gasteiger partial charge in [0, 0.05) is 23.3 Å². The summed E-state index contributed by atoms with van der Waals surface area (Å²) in [6, 6.07) is 7.68. The first-order chi connectivity index (χ1) is 14.1. The van der Waals surface area contributed by atoms with Gasteiger partial charge >= 0.3 is 0 Å². The Hall–Kier alpha value is -2.81. The zero-order valence-corrected chi connectivity index (χ0v) is 16.9. The second kappa shape index (κ2) is 7.22. The van der Waals surface area contributed by atoms with Crippen LogP contribution < -0.4 is 4.74 Å². The molecule has 1 saturated heterocycles. The van der Waals surface area contributed by atoms with Crippen LogP contribution >= 0.6 is 15.9 Å². The molecule has 1 aliphatic heterocycles. The average molecular weight is 458 g/mol. The summed E-state index contributed by atoms with van der Waals surface area (Å²) in [4.78, 5) is 20.8. The largest absolute Gasteiger partial charge is 0.472 e. The van der Waals surface area contributed by atoms with Crippen LogP contribution in [0.5, 0.6) is 5.88 Å². The molecule has 3 atom stereocenters. The average Bonchev–Trinajstić information content (AvgIpc) is 3.46. The van der Waals surface area contributed by atoms with E-state index in [-0.39, 0.29) is 23.6 Å². The first-order valence-electron chi connectivity index (χ1n) is 9.34. The molecule has 5 rings (SSSR count). The van der Waals surface area contributed by atoms with Gasteiger partial charge in [0.05, 0.1) is 29.7 Å². The second-order valence-corrected chi connectivity index (χ2v) is 8.23.